The van der Waals surface area contributed by atoms with E-state index in [9.17, 15) is 9.18 Å². The standard InChI is InChI=1S/C27H29FN8O/c1-4-5-8-20-17-36(26-24(28)12-14-34(26)18(2)3)27(37)35(20)16-19-15-29-13-11-21(19)22-9-6-7-10-23(22)25-30-32-33-31-25/h6-7,9-15,17-18H,4-5,8,16H2,1-3H3,(H,30,31,32,33). The molecule has 0 saturated heterocycles. The van der Waals surface area contributed by atoms with Crippen LogP contribution in [0.3, 0.4) is 0 Å². The first-order valence-electron chi connectivity index (χ1n) is 12.4. The highest BCUT2D eigenvalue weighted by molar-refractivity contribution is 5.81. The molecular formula is C27H29FN8O. The fourth-order valence-electron chi connectivity index (χ4n) is 4.65. The monoisotopic (exact) mass is 500 g/mol. The molecule has 10 heteroatoms. The molecule has 0 radical (unpaired) electrons. The molecule has 0 aliphatic carbocycles. The highest BCUT2D eigenvalue weighted by Crippen LogP contribution is 2.32. The average molecular weight is 501 g/mol. The highest BCUT2D eigenvalue weighted by Gasteiger charge is 2.21. The van der Waals surface area contributed by atoms with E-state index in [0.717, 1.165) is 40.8 Å². The van der Waals surface area contributed by atoms with E-state index < -0.39 is 5.82 Å². The zero-order valence-corrected chi connectivity index (χ0v) is 21.1. The number of halogens is 1. The van der Waals surface area contributed by atoms with Crippen molar-refractivity contribution in [3.63, 3.8) is 0 Å². The lowest BCUT2D eigenvalue weighted by molar-refractivity contribution is 0.552. The Morgan fingerprint density at radius 1 is 1.08 bits per heavy atom. The van der Waals surface area contributed by atoms with Crippen LogP contribution >= 0.6 is 0 Å². The number of imidazole rings is 1. The van der Waals surface area contributed by atoms with Gasteiger partial charge >= 0.3 is 5.69 Å². The van der Waals surface area contributed by atoms with Gasteiger partial charge in [0, 0.05) is 42.1 Å². The van der Waals surface area contributed by atoms with Crippen LogP contribution in [-0.2, 0) is 13.0 Å². The zero-order valence-electron chi connectivity index (χ0n) is 21.1. The number of hydrogen-bond acceptors (Lipinski definition) is 5. The molecule has 37 heavy (non-hydrogen) atoms. The van der Waals surface area contributed by atoms with Gasteiger partial charge in [-0.05, 0) is 60.7 Å². The Bertz CT molecular complexity index is 1560. The van der Waals surface area contributed by atoms with Crippen molar-refractivity contribution in [1.29, 1.82) is 0 Å². The van der Waals surface area contributed by atoms with Crippen molar-refractivity contribution in [2.75, 3.05) is 0 Å². The number of unbranched alkanes of at least 4 members (excludes halogenated alkanes) is 1. The molecular weight excluding hydrogens is 471 g/mol. The van der Waals surface area contributed by atoms with Gasteiger partial charge in [0.05, 0.1) is 6.54 Å². The van der Waals surface area contributed by atoms with Gasteiger partial charge < -0.3 is 4.57 Å². The van der Waals surface area contributed by atoms with E-state index in [-0.39, 0.29) is 17.5 Å². The summed E-state index contributed by atoms with van der Waals surface area (Å²) in [7, 11) is 0. The van der Waals surface area contributed by atoms with E-state index in [4.69, 9.17) is 0 Å². The lowest BCUT2D eigenvalue weighted by Gasteiger charge is -2.14. The summed E-state index contributed by atoms with van der Waals surface area (Å²) in [4.78, 5) is 18.1. The van der Waals surface area contributed by atoms with Crippen LogP contribution in [0.1, 0.15) is 50.9 Å². The predicted molar refractivity (Wildman–Crippen MR) is 139 cm³/mol. The van der Waals surface area contributed by atoms with Crippen molar-refractivity contribution >= 4 is 0 Å². The van der Waals surface area contributed by atoms with E-state index in [0.29, 0.717) is 18.8 Å². The molecule has 4 heterocycles. The number of aromatic nitrogens is 8. The number of aryl methyl sites for hydroxylation is 1. The molecule has 0 atom stereocenters. The van der Waals surface area contributed by atoms with Crippen LogP contribution in [-0.4, -0.2) is 39.3 Å². The molecule has 0 spiro atoms. The summed E-state index contributed by atoms with van der Waals surface area (Å²) < 4.78 is 19.8. The largest absolute Gasteiger partial charge is 0.334 e. The normalized spacial score (nSPS) is 11.5. The number of H-pyrrole nitrogens is 1. The van der Waals surface area contributed by atoms with Crippen LogP contribution < -0.4 is 5.69 Å². The minimum Gasteiger partial charge on any atom is -0.329 e. The predicted octanol–water partition coefficient (Wildman–Crippen LogP) is 4.79. The second-order valence-corrected chi connectivity index (χ2v) is 9.26. The van der Waals surface area contributed by atoms with Gasteiger partial charge in [-0.15, -0.1) is 10.2 Å². The number of pyridine rings is 1. The van der Waals surface area contributed by atoms with Gasteiger partial charge in [0.2, 0.25) is 5.82 Å². The molecule has 190 valence electrons. The molecule has 4 aromatic heterocycles. The SMILES string of the molecule is CCCCc1cn(-c2c(F)ccn2C(C)C)c(=O)n1Cc1cnccc1-c1ccccc1-c1nn[nH]n1. The fraction of sp³-hybridized carbons (Fsp3) is 0.296. The first-order valence-corrected chi connectivity index (χ1v) is 12.4. The molecule has 9 nitrogen and oxygen atoms in total. The fourth-order valence-corrected chi connectivity index (χ4v) is 4.65. The van der Waals surface area contributed by atoms with Gasteiger partial charge in [-0.3, -0.25) is 14.1 Å². The van der Waals surface area contributed by atoms with E-state index >= 15 is 0 Å². The molecule has 0 saturated carbocycles. The van der Waals surface area contributed by atoms with Gasteiger partial charge in [-0.1, -0.05) is 37.6 Å². The molecule has 0 fully saturated rings. The molecule has 1 N–H and O–H groups in total. The van der Waals surface area contributed by atoms with E-state index in [1.165, 1.54) is 10.6 Å². The van der Waals surface area contributed by atoms with Gasteiger partial charge in [-0.25, -0.2) is 9.18 Å². The molecule has 0 bridgehead atoms. The number of aromatic amines is 1. The maximum absolute atomic E-state index is 14.9. The Morgan fingerprint density at radius 3 is 2.62 bits per heavy atom. The number of tetrazole rings is 1. The molecule has 0 unspecified atom stereocenters. The van der Waals surface area contributed by atoms with Crippen molar-refractivity contribution in [1.82, 2.24) is 39.3 Å². The van der Waals surface area contributed by atoms with Crippen LogP contribution in [0, 0.1) is 5.82 Å². The first kappa shape index (κ1) is 24.4. The third-order valence-electron chi connectivity index (χ3n) is 6.51. The molecule has 5 rings (SSSR count). The summed E-state index contributed by atoms with van der Waals surface area (Å²) in [6.07, 6.45) is 9.55. The summed E-state index contributed by atoms with van der Waals surface area (Å²) in [6.45, 7) is 6.33. The third kappa shape index (κ3) is 4.62. The lowest BCUT2D eigenvalue weighted by atomic mass is 9.96. The van der Waals surface area contributed by atoms with Crippen LogP contribution in [0.4, 0.5) is 4.39 Å². The maximum atomic E-state index is 14.9. The quantitative estimate of drug-likeness (QED) is 0.314. The summed E-state index contributed by atoms with van der Waals surface area (Å²) in [5, 5.41) is 14.5. The summed E-state index contributed by atoms with van der Waals surface area (Å²) in [5.74, 6) is 0.312. The average Bonchev–Trinajstić information content (AvgIpc) is 3.64. The van der Waals surface area contributed by atoms with Crippen molar-refractivity contribution < 1.29 is 4.39 Å². The molecule has 1 aromatic carbocycles. The Morgan fingerprint density at radius 2 is 1.89 bits per heavy atom. The summed E-state index contributed by atoms with van der Waals surface area (Å²) >= 11 is 0. The van der Waals surface area contributed by atoms with E-state index in [1.54, 1.807) is 33.9 Å². The number of benzene rings is 1. The number of nitrogens with zero attached hydrogens (tertiary/aromatic N) is 7. The van der Waals surface area contributed by atoms with E-state index in [1.807, 2.05) is 44.2 Å². The topological polar surface area (TPSA) is 99.2 Å². The molecule has 0 aliphatic heterocycles. The molecule has 0 amide bonds. The Kier molecular flexibility index (Phi) is 6.80. The Labute approximate surface area is 213 Å². The highest BCUT2D eigenvalue weighted by atomic mass is 19.1. The van der Waals surface area contributed by atoms with Crippen LogP contribution in [0.25, 0.3) is 28.3 Å². The summed E-state index contributed by atoms with van der Waals surface area (Å²) in [6, 6.07) is 11.1. The van der Waals surface area contributed by atoms with E-state index in [2.05, 4.69) is 32.5 Å². The van der Waals surface area contributed by atoms with Crippen molar-refractivity contribution in [2.24, 2.45) is 0 Å². The van der Waals surface area contributed by atoms with Gasteiger partial charge in [0.1, 0.15) is 0 Å². The Balaban J connectivity index is 1.63. The lowest BCUT2D eigenvalue weighted by Crippen LogP contribution is -2.27. The minimum absolute atomic E-state index is 0.000379. The number of hydrogen-bond donors (Lipinski definition) is 1. The van der Waals surface area contributed by atoms with Gasteiger partial charge in [-0.2, -0.15) is 5.21 Å². The van der Waals surface area contributed by atoms with Crippen molar-refractivity contribution in [3.8, 4) is 28.3 Å². The van der Waals surface area contributed by atoms with Crippen LogP contribution in [0.2, 0.25) is 0 Å². The number of rotatable bonds is 9. The minimum atomic E-state index is -0.425. The third-order valence-corrected chi connectivity index (χ3v) is 6.51. The van der Waals surface area contributed by atoms with Crippen LogP contribution in [0.15, 0.2) is 66.0 Å². The zero-order chi connectivity index (χ0) is 25.9. The Hall–Kier alpha value is -4.34. The van der Waals surface area contributed by atoms with Crippen LogP contribution in [0.5, 0.6) is 0 Å². The van der Waals surface area contributed by atoms with Crippen molar-refractivity contribution in [3.05, 3.63) is 88.7 Å². The second-order valence-electron chi connectivity index (χ2n) is 9.26. The van der Waals surface area contributed by atoms with Crippen molar-refractivity contribution in [2.45, 2.75) is 52.6 Å². The van der Waals surface area contributed by atoms with Gasteiger partial charge in [0.15, 0.2) is 11.6 Å². The number of nitrogens with one attached hydrogen (secondary N) is 1. The second kappa shape index (κ2) is 10.3. The molecule has 5 aromatic rings. The smallest absolute Gasteiger partial charge is 0.329 e. The summed E-state index contributed by atoms with van der Waals surface area (Å²) in [5.41, 5.74) is 4.06. The first-order chi connectivity index (χ1) is 18.0. The van der Waals surface area contributed by atoms with Gasteiger partial charge in [0.25, 0.3) is 0 Å². The molecule has 0 aliphatic rings. The maximum Gasteiger partial charge on any atom is 0.334 e.